The van der Waals surface area contributed by atoms with Gasteiger partial charge >= 0.3 is 0 Å². The molecule has 9 rings (SSSR count). The third-order valence-corrected chi connectivity index (χ3v) is 9.42. The van der Waals surface area contributed by atoms with Gasteiger partial charge in [-0.25, -0.2) is 0 Å². The van der Waals surface area contributed by atoms with Gasteiger partial charge in [0.15, 0.2) is 0 Å². The first kappa shape index (κ1) is 23.6. The molecule has 42 heavy (non-hydrogen) atoms. The van der Waals surface area contributed by atoms with E-state index in [4.69, 9.17) is 0 Å². The average Bonchev–Trinajstić information content (AvgIpc) is 3.57. The SMILES string of the molecule is C1=CC(n2c3ccccc3c3c(-c4ccc5c(c4)c4ccccc4n5-c4ccccc4)cccc32)C2CCC=CC2=C1. The first-order chi connectivity index (χ1) is 20.9. The van der Waals surface area contributed by atoms with Crippen LogP contribution in [0.5, 0.6) is 0 Å². The van der Waals surface area contributed by atoms with E-state index >= 15 is 0 Å². The number of para-hydroxylation sites is 3. The summed E-state index contributed by atoms with van der Waals surface area (Å²) in [4.78, 5) is 0. The van der Waals surface area contributed by atoms with E-state index in [1.165, 1.54) is 72.4 Å². The Hall–Kier alpha value is -5.08. The summed E-state index contributed by atoms with van der Waals surface area (Å²) in [7, 11) is 0. The molecule has 2 heteroatoms. The second-order valence-corrected chi connectivity index (χ2v) is 11.6. The van der Waals surface area contributed by atoms with Crippen molar-refractivity contribution in [3.8, 4) is 16.8 Å². The third kappa shape index (κ3) is 3.39. The number of aromatic nitrogens is 2. The zero-order valence-electron chi connectivity index (χ0n) is 23.3. The van der Waals surface area contributed by atoms with Gasteiger partial charge in [-0.2, -0.15) is 0 Å². The minimum atomic E-state index is 0.305. The number of benzene rings is 5. The Bertz CT molecular complexity index is 2250. The standard InChI is InChI=1S/C40H30N2/c1-2-14-29(15-3-1)41-36-20-8-6-17-32(36)34-26-28(24-25-38(34)41)31-19-11-23-39-40(31)33-18-7-9-21-37(33)42(39)35-22-10-13-27-12-4-5-16-30(27)35/h1-4,6-15,17-26,30,35H,5,16H2. The number of nitrogens with zero attached hydrogens (tertiary/aromatic N) is 2. The fourth-order valence-corrected chi connectivity index (χ4v) is 7.62. The summed E-state index contributed by atoms with van der Waals surface area (Å²) in [5.41, 5.74) is 10.3. The van der Waals surface area contributed by atoms with Crippen LogP contribution in [0.1, 0.15) is 18.9 Å². The van der Waals surface area contributed by atoms with E-state index in [0.717, 1.165) is 6.42 Å². The third-order valence-electron chi connectivity index (χ3n) is 9.42. The Balaban J connectivity index is 1.30. The van der Waals surface area contributed by atoms with Gasteiger partial charge in [0.25, 0.3) is 0 Å². The fraction of sp³-hybridized carbons (Fsp3) is 0.100. The molecule has 2 nitrogen and oxygen atoms in total. The number of hydrogen-bond acceptors (Lipinski definition) is 0. The quantitative estimate of drug-likeness (QED) is 0.212. The van der Waals surface area contributed by atoms with Crippen molar-refractivity contribution < 1.29 is 0 Å². The lowest BCUT2D eigenvalue weighted by atomic mass is 9.80. The van der Waals surface area contributed by atoms with E-state index in [1.807, 2.05) is 0 Å². The molecule has 0 N–H and O–H groups in total. The highest BCUT2D eigenvalue weighted by Crippen LogP contribution is 2.45. The van der Waals surface area contributed by atoms with Crippen LogP contribution in [0.4, 0.5) is 0 Å². The van der Waals surface area contributed by atoms with Gasteiger partial charge in [-0.15, -0.1) is 0 Å². The fourth-order valence-electron chi connectivity index (χ4n) is 7.62. The minimum absolute atomic E-state index is 0.305. The summed E-state index contributed by atoms with van der Waals surface area (Å²) in [6.45, 7) is 0. The molecule has 2 aliphatic rings. The molecule has 0 bridgehead atoms. The normalized spacial score (nSPS) is 18.2. The Morgan fingerprint density at radius 2 is 1.38 bits per heavy atom. The van der Waals surface area contributed by atoms with Crippen LogP contribution in [-0.4, -0.2) is 9.13 Å². The maximum Gasteiger partial charge on any atom is 0.0594 e. The van der Waals surface area contributed by atoms with Crippen molar-refractivity contribution >= 4 is 43.6 Å². The lowest BCUT2D eigenvalue weighted by molar-refractivity contribution is 0.427. The van der Waals surface area contributed by atoms with Gasteiger partial charge in [0.05, 0.1) is 22.6 Å². The molecule has 5 aromatic carbocycles. The molecule has 200 valence electrons. The van der Waals surface area contributed by atoms with Crippen LogP contribution < -0.4 is 0 Å². The average molecular weight is 539 g/mol. The van der Waals surface area contributed by atoms with Crippen LogP contribution in [0.25, 0.3) is 60.4 Å². The summed E-state index contributed by atoms with van der Waals surface area (Å²) in [5.74, 6) is 0.503. The summed E-state index contributed by atoms with van der Waals surface area (Å²) in [5, 5.41) is 5.23. The van der Waals surface area contributed by atoms with E-state index < -0.39 is 0 Å². The lowest BCUT2D eigenvalue weighted by Crippen LogP contribution is -2.22. The van der Waals surface area contributed by atoms with Crippen LogP contribution in [0.15, 0.2) is 151 Å². The molecule has 0 saturated carbocycles. The molecule has 2 unspecified atom stereocenters. The van der Waals surface area contributed by atoms with Gasteiger partial charge < -0.3 is 9.13 Å². The molecule has 2 aliphatic carbocycles. The molecule has 0 amide bonds. The van der Waals surface area contributed by atoms with Gasteiger partial charge in [-0.3, -0.25) is 0 Å². The molecule has 0 aliphatic heterocycles. The number of hydrogen-bond donors (Lipinski definition) is 0. The van der Waals surface area contributed by atoms with Crippen LogP contribution in [0.2, 0.25) is 0 Å². The van der Waals surface area contributed by atoms with Crippen molar-refractivity contribution in [3.63, 3.8) is 0 Å². The summed E-state index contributed by atoms with van der Waals surface area (Å²) in [6.07, 6.45) is 14.0. The van der Waals surface area contributed by atoms with Crippen molar-refractivity contribution in [2.75, 3.05) is 0 Å². The zero-order valence-corrected chi connectivity index (χ0v) is 23.3. The second-order valence-electron chi connectivity index (χ2n) is 11.6. The Morgan fingerprint density at radius 3 is 2.29 bits per heavy atom. The van der Waals surface area contributed by atoms with E-state index in [9.17, 15) is 0 Å². The van der Waals surface area contributed by atoms with E-state index in [0.29, 0.717) is 12.0 Å². The highest BCUT2D eigenvalue weighted by Gasteiger charge is 2.29. The Morgan fingerprint density at radius 1 is 0.619 bits per heavy atom. The summed E-state index contributed by atoms with van der Waals surface area (Å²) >= 11 is 0. The van der Waals surface area contributed by atoms with E-state index in [1.54, 1.807) is 0 Å². The molecule has 0 radical (unpaired) electrons. The smallest absolute Gasteiger partial charge is 0.0594 e. The number of rotatable bonds is 3. The second kappa shape index (κ2) is 9.22. The monoisotopic (exact) mass is 538 g/mol. The first-order valence-corrected chi connectivity index (χ1v) is 15.0. The van der Waals surface area contributed by atoms with Gasteiger partial charge in [0, 0.05) is 38.7 Å². The molecular weight excluding hydrogens is 508 g/mol. The zero-order chi connectivity index (χ0) is 27.6. The van der Waals surface area contributed by atoms with Crippen molar-refractivity contribution in [2.45, 2.75) is 18.9 Å². The number of allylic oxidation sites excluding steroid dienone is 6. The summed E-state index contributed by atoms with van der Waals surface area (Å²) < 4.78 is 5.00. The lowest BCUT2D eigenvalue weighted by Gasteiger charge is -2.32. The van der Waals surface area contributed by atoms with Gasteiger partial charge in [0.1, 0.15) is 0 Å². The van der Waals surface area contributed by atoms with Crippen molar-refractivity contribution in [1.29, 1.82) is 0 Å². The maximum atomic E-state index is 2.61. The topological polar surface area (TPSA) is 9.86 Å². The minimum Gasteiger partial charge on any atom is -0.333 e. The van der Waals surface area contributed by atoms with Gasteiger partial charge in [-0.1, -0.05) is 103 Å². The Labute approximate surface area is 245 Å². The molecular formula is C40H30N2. The molecule has 0 spiro atoms. The van der Waals surface area contributed by atoms with Gasteiger partial charge in [-0.05, 0) is 72.0 Å². The van der Waals surface area contributed by atoms with E-state index in [-0.39, 0.29) is 0 Å². The first-order valence-electron chi connectivity index (χ1n) is 15.0. The molecule has 0 saturated heterocycles. The predicted molar refractivity (Wildman–Crippen MR) is 177 cm³/mol. The highest BCUT2D eigenvalue weighted by molar-refractivity contribution is 6.16. The maximum absolute atomic E-state index is 2.61. The van der Waals surface area contributed by atoms with Crippen molar-refractivity contribution in [3.05, 3.63) is 151 Å². The number of fused-ring (bicyclic) bond motifs is 7. The molecule has 2 atom stereocenters. The van der Waals surface area contributed by atoms with Crippen LogP contribution in [0.3, 0.4) is 0 Å². The highest BCUT2D eigenvalue weighted by atomic mass is 15.0. The molecule has 0 fully saturated rings. The molecule has 2 aromatic heterocycles. The Kier molecular flexibility index (Phi) is 5.18. The largest absolute Gasteiger partial charge is 0.333 e. The van der Waals surface area contributed by atoms with Crippen molar-refractivity contribution in [2.24, 2.45) is 5.92 Å². The molecule has 7 aromatic rings. The van der Waals surface area contributed by atoms with Crippen LogP contribution in [0, 0.1) is 5.92 Å². The van der Waals surface area contributed by atoms with Gasteiger partial charge in [0.2, 0.25) is 0 Å². The van der Waals surface area contributed by atoms with Crippen LogP contribution >= 0.6 is 0 Å². The van der Waals surface area contributed by atoms with Crippen LogP contribution in [-0.2, 0) is 0 Å². The van der Waals surface area contributed by atoms with E-state index in [2.05, 4.69) is 155 Å². The van der Waals surface area contributed by atoms with Crippen molar-refractivity contribution in [1.82, 2.24) is 9.13 Å². The molecule has 2 heterocycles. The summed E-state index contributed by atoms with van der Waals surface area (Å²) in [6, 6.07) is 42.7. The predicted octanol–water partition coefficient (Wildman–Crippen LogP) is 10.6.